The zero-order chi connectivity index (χ0) is 19.2. The Labute approximate surface area is 161 Å². The molecule has 142 valence electrons. The van der Waals surface area contributed by atoms with Gasteiger partial charge in [0.2, 0.25) is 0 Å². The first-order valence-corrected chi connectivity index (χ1v) is 9.80. The normalized spacial score (nSPS) is 16.8. The van der Waals surface area contributed by atoms with Crippen LogP contribution in [0.15, 0.2) is 54.6 Å². The van der Waals surface area contributed by atoms with Crippen LogP contribution in [0.3, 0.4) is 0 Å². The molecule has 1 unspecified atom stereocenters. The van der Waals surface area contributed by atoms with E-state index in [9.17, 15) is 9.59 Å². The highest BCUT2D eigenvalue weighted by molar-refractivity contribution is 5.99. The van der Waals surface area contributed by atoms with Crippen LogP contribution in [0.2, 0.25) is 0 Å². The van der Waals surface area contributed by atoms with E-state index in [-0.39, 0.29) is 11.8 Å². The maximum absolute atomic E-state index is 13.0. The van der Waals surface area contributed by atoms with Gasteiger partial charge in [-0.2, -0.15) is 0 Å². The van der Waals surface area contributed by atoms with Gasteiger partial charge in [-0.15, -0.1) is 0 Å². The smallest absolute Gasteiger partial charge is 0.254 e. The van der Waals surface area contributed by atoms with Gasteiger partial charge in [0.15, 0.2) is 0 Å². The molecule has 0 aromatic heterocycles. The molecule has 0 radical (unpaired) electrons. The van der Waals surface area contributed by atoms with E-state index in [1.165, 1.54) is 6.42 Å². The second-order valence-electron chi connectivity index (χ2n) is 7.28. The van der Waals surface area contributed by atoms with E-state index in [4.69, 9.17) is 0 Å². The predicted molar refractivity (Wildman–Crippen MR) is 108 cm³/mol. The topological polar surface area (TPSA) is 40.6 Å². The summed E-state index contributed by atoms with van der Waals surface area (Å²) in [6.45, 7) is 3.49. The summed E-state index contributed by atoms with van der Waals surface area (Å²) >= 11 is 0. The van der Waals surface area contributed by atoms with Crippen LogP contribution >= 0.6 is 0 Å². The van der Waals surface area contributed by atoms with Crippen LogP contribution in [0.5, 0.6) is 0 Å². The predicted octanol–water partition coefficient (Wildman–Crippen LogP) is 4.36. The molecule has 0 bridgehead atoms. The quantitative estimate of drug-likeness (QED) is 0.791. The standard InChI is InChI=1S/C23H28N2O2/c1-3-21-14-7-8-15-25(21)23(27)20-13-9-12-19(16-20)22(26)24(2)17-18-10-5-4-6-11-18/h4-6,9-13,16,21H,3,7-8,14-15,17H2,1-2H3. The Morgan fingerprint density at radius 1 is 1.04 bits per heavy atom. The van der Waals surface area contributed by atoms with Gasteiger partial charge in [0.25, 0.3) is 11.8 Å². The lowest BCUT2D eigenvalue weighted by Gasteiger charge is -2.35. The number of benzene rings is 2. The van der Waals surface area contributed by atoms with Gasteiger partial charge in [0.05, 0.1) is 0 Å². The molecule has 1 atom stereocenters. The summed E-state index contributed by atoms with van der Waals surface area (Å²) in [5.74, 6) is -0.0268. The summed E-state index contributed by atoms with van der Waals surface area (Å²) in [5, 5.41) is 0. The fourth-order valence-corrected chi connectivity index (χ4v) is 3.79. The van der Waals surface area contributed by atoms with Crippen LogP contribution in [0.4, 0.5) is 0 Å². The minimum absolute atomic E-state index is 0.0434. The summed E-state index contributed by atoms with van der Waals surface area (Å²) < 4.78 is 0. The highest BCUT2D eigenvalue weighted by Gasteiger charge is 2.26. The van der Waals surface area contributed by atoms with Crippen molar-refractivity contribution in [3.05, 3.63) is 71.3 Å². The average molecular weight is 364 g/mol. The summed E-state index contributed by atoms with van der Waals surface area (Å²) in [6, 6.07) is 17.4. The lowest BCUT2D eigenvalue weighted by atomic mass is 9.98. The first-order chi connectivity index (χ1) is 13.1. The molecule has 0 saturated carbocycles. The van der Waals surface area contributed by atoms with Crippen molar-refractivity contribution in [2.75, 3.05) is 13.6 Å². The minimum Gasteiger partial charge on any atom is -0.337 e. The van der Waals surface area contributed by atoms with Crippen LogP contribution < -0.4 is 0 Å². The molecule has 2 aromatic carbocycles. The second kappa shape index (κ2) is 8.85. The van der Waals surface area contributed by atoms with E-state index in [2.05, 4.69) is 6.92 Å². The van der Waals surface area contributed by atoms with Crippen LogP contribution in [-0.4, -0.2) is 41.2 Å². The number of nitrogens with zero attached hydrogens (tertiary/aromatic N) is 2. The second-order valence-corrected chi connectivity index (χ2v) is 7.28. The maximum atomic E-state index is 13.0. The van der Waals surface area contributed by atoms with Gasteiger partial charge < -0.3 is 9.80 Å². The molecule has 27 heavy (non-hydrogen) atoms. The minimum atomic E-state index is -0.0702. The van der Waals surface area contributed by atoms with Crippen molar-refractivity contribution < 1.29 is 9.59 Å². The first-order valence-electron chi connectivity index (χ1n) is 9.80. The zero-order valence-electron chi connectivity index (χ0n) is 16.2. The van der Waals surface area contributed by atoms with E-state index in [0.717, 1.165) is 31.4 Å². The molecule has 0 aliphatic carbocycles. The Kier molecular flexibility index (Phi) is 6.28. The summed E-state index contributed by atoms with van der Waals surface area (Å²) in [7, 11) is 1.79. The molecular formula is C23H28N2O2. The third kappa shape index (κ3) is 4.57. The lowest BCUT2D eigenvalue weighted by Crippen LogP contribution is -2.43. The van der Waals surface area contributed by atoms with Crippen LogP contribution in [0, 0.1) is 0 Å². The fraction of sp³-hybridized carbons (Fsp3) is 0.391. The molecular weight excluding hydrogens is 336 g/mol. The Balaban J connectivity index is 1.74. The molecule has 0 spiro atoms. The van der Waals surface area contributed by atoms with Crippen LogP contribution in [0.25, 0.3) is 0 Å². The van der Waals surface area contributed by atoms with E-state index in [1.807, 2.05) is 47.4 Å². The van der Waals surface area contributed by atoms with Gasteiger partial charge in [0.1, 0.15) is 0 Å². The Morgan fingerprint density at radius 3 is 2.52 bits per heavy atom. The molecule has 1 saturated heterocycles. The Morgan fingerprint density at radius 2 is 1.78 bits per heavy atom. The molecule has 4 heteroatoms. The number of piperidine rings is 1. The number of rotatable bonds is 5. The molecule has 1 heterocycles. The van der Waals surface area contributed by atoms with E-state index < -0.39 is 0 Å². The lowest BCUT2D eigenvalue weighted by molar-refractivity contribution is 0.0608. The maximum Gasteiger partial charge on any atom is 0.254 e. The zero-order valence-corrected chi connectivity index (χ0v) is 16.2. The average Bonchev–Trinajstić information content (AvgIpc) is 2.73. The molecule has 2 amide bonds. The third-order valence-corrected chi connectivity index (χ3v) is 5.32. The highest BCUT2D eigenvalue weighted by atomic mass is 16.2. The Bertz CT molecular complexity index is 788. The molecule has 1 aliphatic rings. The molecule has 4 nitrogen and oxygen atoms in total. The van der Waals surface area contributed by atoms with Gasteiger partial charge in [-0.1, -0.05) is 43.3 Å². The molecule has 3 rings (SSSR count). The largest absolute Gasteiger partial charge is 0.337 e. The summed E-state index contributed by atoms with van der Waals surface area (Å²) in [4.78, 5) is 29.5. The van der Waals surface area contributed by atoms with E-state index in [1.54, 1.807) is 24.1 Å². The summed E-state index contributed by atoms with van der Waals surface area (Å²) in [6.07, 6.45) is 4.29. The van der Waals surface area contributed by atoms with Crippen molar-refractivity contribution in [3.8, 4) is 0 Å². The monoisotopic (exact) mass is 364 g/mol. The number of carbonyl (C=O) groups is 2. The number of hydrogen-bond acceptors (Lipinski definition) is 2. The fourth-order valence-electron chi connectivity index (χ4n) is 3.79. The van der Waals surface area contributed by atoms with Gasteiger partial charge in [-0.05, 0) is 49.4 Å². The van der Waals surface area contributed by atoms with Crippen LogP contribution in [-0.2, 0) is 6.54 Å². The number of likely N-dealkylation sites (tertiary alicyclic amines) is 1. The van der Waals surface area contributed by atoms with Crippen molar-refractivity contribution in [1.82, 2.24) is 9.80 Å². The van der Waals surface area contributed by atoms with Crippen molar-refractivity contribution in [1.29, 1.82) is 0 Å². The van der Waals surface area contributed by atoms with Crippen molar-refractivity contribution in [2.45, 2.75) is 45.2 Å². The van der Waals surface area contributed by atoms with Gasteiger partial charge in [-0.3, -0.25) is 9.59 Å². The van der Waals surface area contributed by atoms with E-state index >= 15 is 0 Å². The van der Waals surface area contributed by atoms with Crippen molar-refractivity contribution >= 4 is 11.8 Å². The number of hydrogen-bond donors (Lipinski definition) is 0. The van der Waals surface area contributed by atoms with Crippen LogP contribution in [0.1, 0.15) is 58.9 Å². The molecule has 2 aromatic rings. The van der Waals surface area contributed by atoms with Crippen molar-refractivity contribution in [3.63, 3.8) is 0 Å². The number of amides is 2. The van der Waals surface area contributed by atoms with Gasteiger partial charge in [0, 0.05) is 37.3 Å². The Hall–Kier alpha value is -2.62. The molecule has 1 fully saturated rings. The molecule has 0 N–H and O–H groups in total. The highest BCUT2D eigenvalue weighted by Crippen LogP contribution is 2.22. The number of carbonyl (C=O) groups excluding carboxylic acids is 2. The molecule has 1 aliphatic heterocycles. The SMILES string of the molecule is CCC1CCCCN1C(=O)c1cccc(C(=O)N(C)Cc2ccccc2)c1. The van der Waals surface area contributed by atoms with Gasteiger partial charge in [-0.25, -0.2) is 0 Å². The van der Waals surface area contributed by atoms with E-state index in [0.29, 0.717) is 23.7 Å². The van der Waals surface area contributed by atoms with Crippen molar-refractivity contribution in [2.24, 2.45) is 0 Å². The third-order valence-electron chi connectivity index (χ3n) is 5.32. The van der Waals surface area contributed by atoms with Gasteiger partial charge >= 0.3 is 0 Å². The first kappa shape index (κ1) is 19.2. The summed E-state index contributed by atoms with van der Waals surface area (Å²) in [5.41, 5.74) is 2.25.